The van der Waals surface area contributed by atoms with E-state index in [1.165, 1.54) is 5.56 Å². The first-order valence-electron chi connectivity index (χ1n) is 12.6. The second kappa shape index (κ2) is 14.2. The van der Waals surface area contributed by atoms with Crippen molar-refractivity contribution >= 4 is 29.6 Å². The zero-order valence-electron chi connectivity index (χ0n) is 20.5. The average Bonchev–Trinajstić information content (AvgIpc) is 3.39. The highest BCUT2D eigenvalue weighted by Gasteiger charge is 2.42. The van der Waals surface area contributed by atoms with Gasteiger partial charge in [0.2, 0.25) is 11.8 Å². The minimum absolute atomic E-state index is 0.0604. The van der Waals surface area contributed by atoms with Gasteiger partial charge in [0.1, 0.15) is 12.4 Å². The first-order chi connectivity index (χ1) is 16.9. The zero-order valence-corrected chi connectivity index (χ0v) is 21.3. The van der Waals surface area contributed by atoms with E-state index < -0.39 is 6.04 Å². The molecule has 1 aromatic carbocycles. The van der Waals surface area contributed by atoms with Crippen molar-refractivity contribution in [3.8, 4) is 5.75 Å². The number of hydrogen-bond donors (Lipinski definition) is 5. The molecule has 194 valence electrons. The minimum Gasteiger partial charge on any atom is -0.492 e. The molecule has 9 nitrogen and oxygen atoms in total. The Balaban J connectivity index is 1.13. The first kappa shape index (κ1) is 27.1. The molecule has 0 spiro atoms. The van der Waals surface area contributed by atoms with Crippen molar-refractivity contribution in [2.75, 3.05) is 25.4 Å². The summed E-state index contributed by atoms with van der Waals surface area (Å²) in [6.45, 7) is 3.41. The minimum atomic E-state index is -0.557. The molecule has 2 aliphatic rings. The van der Waals surface area contributed by atoms with Crippen LogP contribution in [0.1, 0.15) is 50.5 Å². The van der Waals surface area contributed by atoms with Crippen LogP contribution >= 0.6 is 11.8 Å². The van der Waals surface area contributed by atoms with E-state index in [9.17, 15) is 14.4 Å². The predicted octanol–water partition coefficient (Wildman–Crippen LogP) is 1.83. The van der Waals surface area contributed by atoms with Crippen LogP contribution in [0.4, 0.5) is 4.79 Å². The van der Waals surface area contributed by atoms with Gasteiger partial charge in [-0.25, -0.2) is 4.79 Å². The number of fused-ring (bicyclic) bond motifs is 1. The van der Waals surface area contributed by atoms with Gasteiger partial charge >= 0.3 is 6.03 Å². The van der Waals surface area contributed by atoms with E-state index in [1.54, 1.807) is 0 Å². The first-order valence-corrected chi connectivity index (χ1v) is 13.7. The number of thioether (sulfide) groups is 1. The number of ether oxygens (including phenoxy) is 1. The van der Waals surface area contributed by atoms with Gasteiger partial charge in [-0.3, -0.25) is 9.59 Å². The third-order valence-electron chi connectivity index (χ3n) is 6.37. The summed E-state index contributed by atoms with van der Waals surface area (Å²) in [4.78, 5) is 35.6. The lowest BCUT2D eigenvalue weighted by Crippen LogP contribution is -2.42. The summed E-state index contributed by atoms with van der Waals surface area (Å²) in [5, 5.41) is 12.1. The molecule has 3 rings (SSSR count). The second-order valence-corrected chi connectivity index (χ2v) is 10.5. The zero-order chi connectivity index (χ0) is 25.0. The quantitative estimate of drug-likeness (QED) is 0.182. The smallest absolute Gasteiger partial charge is 0.315 e. The van der Waals surface area contributed by atoms with Gasteiger partial charge in [-0.1, -0.05) is 24.1 Å². The number of nitrogens with one attached hydrogen (secondary N) is 4. The van der Waals surface area contributed by atoms with Crippen LogP contribution in [0.15, 0.2) is 24.3 Å². The molecule has 35 heavy (non-hydrogen) atoms. The number of carbonyl (C=O) groups excluding carboxylic acids is 3. The van der Waals surface area contributed by atoms with Crippen LogP contribution in [-0.4, -0.2) is 66.7 Å². The standard InChI is InChI=1S/C25H39N5O4S/c1-17-9-11-18(12-10-17)34-15-14-28-24(32)19(26)6-4-5-13-27-22(31)8-3-2-7-21-23-20(16-35-21)29-25(33)30-23/h9-12,19-21,23H,2-8,13-16,26H2,1H3,(H,27,31)(H,28,32)(H2,29,30,33)/t19-,20+,21+,23+/m1/s1. The maximum Gasteiger partial charge on any atom is 0.315 e. The molecular formula is C25H39N5O4S. The SMILES string of the molecule is Cc1ccc(OCCNC(=O)[C@H](N)CCCCNC(=O)CCCC[C@@H]2SC[C@@H]3NC(=O)N[C@@H]32)cc1. The maximum atomic E-state index is 12.1. The topological polar surface area (TPSA) is 135 Å². The van der Waals surface area contributed by atoms with Gasteiger partial charge in [0, 0.05) is 24.0 Å². The van der Waals surface area contributed by atoms with Gasteiger partial charge in [-0.15, -0.1) is 0 Å². The summed E-state index contributed by atoms with van der Waals surface area (Å²) in [5.41, 5.74) is 7.14. The molecule has 2 heterocycles. The highest BCUT2D eigenvalue weighted by Crippen LogP contribution is 2.33. The van der Waals surface area contributed by atoms with Gasteiger partial charge in [0.15, 0.2) is 0 Å². The van der Waals surface area contributed by atoms with Crippen molar-refractivity contribution < 1.29 is 19.1 Å². The second-order valence-electron chi connectivity index (χ2n) is 9.27. The fourth-order valence-corrected chi connectivity index (χ4v) is 5.86. The summed E-state index contributed by atoms with van der Waals surface area (Å²) in [5.74, 6) is 1.62. The molecular weight excluding hydrogens is 466 g/mol. The fourth-order valence-electron chi connectivity index (χ4n) is 4.32. The lowest BCUT2D eigenvalue weighted by Gasteiger charge is -2.16. The molecule has 4 amide bonds. The van der Waals surface area contributed by atoms with Crippen LogP contribution in [0.2, 0.25) is 0 Å². The molecule has 0 aromatic heterocycles. The van der Waals surface area contributed by atoms with Crippen molar-refractivity contribution in [3.05, 3.63) is 29.8 Å². The lowest BCUT2D eigenvalue weighted by molar-refractivity contribution is -0.123. The summed E-state index contributed by atoms with van der Waals surface area (Å²) in [7, 11) is 0. The number of urea groups is 1. The normalized spacial score (nSPS) is 21.5. The third-order valence-corrected chi connectivity index (χ3v) is 7.88. The van der Waals surface area contributed by atoms with E-state index in [-0.39, 0.29) is 29.9 Å². The van der Waals surface area contributed by atoms with E-state index in [4.69, 9.17) is 10.5 Å². The molecule has 0 saturated carbocycles. The Hall–Kier alpha value is -2.46. The molecule has 6 N–H and O–H groups in total. The molecule has 0 bridgehead atoms. The molecule has 2 saturated heterocycles. The van der Waals surface area contributed by atoms with Crippen molar-refractivity contribution in [1.29, 1.82) is 0 Å². The molecule has 2 fully saturated rings. The summed E-state index contributed by atoms with van der Waals surface area (Å²) >= 11 is 1.90. The Kier molecular flexibility index (Phi) is 11.0. The monoisotopic (exact) mass is 505 g/mol. The van der Waals surface area contributed by atoms with E-state index in [1.807, 2.05) is 43.0 Å². The Morgan fingerprint density at radius 2 is 1.91 bits per heavy atom. The van der Waals surface area contributed by atoms with Gasteiger partial charge in [0.25, 0.3) is 0 Å². The molecule has 1 aromatic rings. The predicted molar refractivity (Wildman–Crippen MR) is 138 cm³/mol. The summed E-state index contributed by atoms with van der Waals surface area (Å²) in [6, 6.07) is 7.62. The van der Waals surface area contributed by atoms with Gasteiger partial charge in [-0.05, 0) is 51.2 Å². The van der Waals surface area contributed by atoms with Crippen LogP contribution in [0, 0.1) is 6.92 Å². The Morgan fingerprint density at radius 3 is 2.71 bits per heavy atom. The highest BCUT2D eigenvalue weighted by molar-refractivity contribution is 8.00. The number of rotatable bonds is 15. The fraction of sp³-hybridized carbons (Fsp3) is 0.640. The molecule has 0 radical (unpaired) electrons. The van der Waals surface area contributed by atoms with Crippen LogP contribution in [-0.2, 0) is 9.59 Å². The Bertz CT molecular complexity index is 838. The van der Waals surface area contributed by atoms with Crippen LogP contribution < -0.4 is 31.7 Å². The number of benzene rings is 1. The van der Waals surface area contributed by atoms with Crippen molar-refractivity contribution in [2.45, 2.75) is 75.2 Å². The maximum absolute atomic E-state index is 12.1. The number of unbranched alkanes of at least 4 members (excludes halogenated alkanes) is 2. The summed E-state index contributed by atoms with van der Waals surface area (Å²) in [6.07, 6.45) is 5.49. The van der Waals surface area contributed by atoms with Crippen molar-refractivity contribution in [2.24, 2.45) is 5.73 Å². The van der Waals surface area contributed by atoms with Crippen LogP contribution in [0.3, 0.4) is 0 Å². The van der Waals surface area contributed by atoms with E-state index >= 15 is 0 Å². The van der Waals surface area contributed by atoms with E-state index in [0.717, 1.165) is 43.6 Å². The number of carbonyl (C=O) groups is 3. The highest BCUT2D eigenvalue weighted by atomic mass is 32.2. The number of amides is 4. The molecule has 2 aliphatic heterocycles. The molecule has 10 heteroatoms. The van der Waals surface area contributed by atoms with Gasteiger partial charge in [0.05, 0.1) is 24.7 Å². The average molecular weight is 506 g/mol. The van der Waals surface area contributed by atoms with Crippen LogP contribution in [0.5, 0.6) is 5.75 Å². The number of aryl methyl sites for hydroxylation is 1. The molecule has 0 aliphatic carbocycles. The van der Waals surface area contributed by atoms with Gasteiger partial charge < -0.3 is 31.7 Å². The largest absolute Gasteiger partial charge is 0.492 e. The van der Waals surface area contributed by atoms with Crippen LogP contribution in [0.25, 0.3) is 0 Å². The summed E-state index contributed by atoms with van der Waals surface area (Å²) < 4.78 is 5.59. The lowest BCUT2D eigenvalue weighted by atomic mass is 10.0. The molecule has 0 unspecified atom stereocenters. The molecule has 4 atom stereocenters. The number of hydrogen-bond acceptors (Lipinski definition) is 6. The third kappa shape index (κ3) is 9.25. The number of nitrogens with two attached hydrogens (primary N) is 1. The Morgan fingerprint density at radius 1 is 1.11 bits per heavy atom. The van der Waals surface area contributed by atoms with E-state index in [2.05, 4.69) is 21.3 Å². The van der Waals surface area contributed by atoms with E-state index in [0.29, 0.717) is 37.8 Å². The van der Waals surface area contributed by atoms with Gasteiger partial charge in [-0.2, -0.15) is 11.8 Å². The van der Waals surface area contributed by atoms with Crippen molar-refractivity contribution in [3.63, 3.8) is 0 Å². The van der Waals surface area contributed by atoms with Crippen molar-refractivity contribution in [1.82, 2.24) is 21.3 Å². The Labute approximate surface area is 212 Å².